The van der Waals surface area contributed by atoms with Crippen molar-refractivity contribution in [3.8, 4) is 0 Å². The molecule has 1 unspecified atom stereocenters. The molecule has 0 amide bonds. The first-order valence-electron chi connectivity index (χ1n) is 8.37. The van der Waals surface area contributed by atoms with E-state index in [1.807, 2.05) is 13.2 Å². The van der Waals surface area contributed by atoms with Crippen LogP contribution >= 0.6 is 11.8 Å². The van der Waals surface area contributed by atoms with Crippen molar-refractivity contribution in [1.82, 2.24) is 5.32 Å². The van der Waals surface area contributed by atoms with Gasteiger partial charge in [-0.25, -0.2) is 0 Å². The van der Waals surface area contributed by atoms with E-state index in [1.165, 1.54) is 50.0 Å². The van der Waals surface area contributed by atoms with Gasteiger partial charge in [-0.15, -0.1) is 0 Å². The number of nitrogens with zero attached hydrogens (tertiary/aromatic N) is 1. The molecular formula is C18H30N2OS. The SMILES string of the molecule is CSCC(C)(O)CNCc1ccc(N2CCCCCC2)cc1. The van der Waals surface area contributed by atoms with Gasteiger partial charge in [0, 0.05) is 37.6 Å². The molecule has 2 rings (SSSR count). The van der Waals surface area contributed by atoms with Crippen molar-refractivity contribution in [2.75, 3.05) is 36.5 Å². The van der Waals surface area contributed by atoms with Crippen LogP contribution in [0.25, 0.3) is 0 Å². The second kappa shape index (κ2) is 8.80. The molecule has 1 heterocycles. The number of anilines is 1. The summed E-state index contributed by atoms with van der Waals surface area (Å²) in [6, 6.07) is 8.89. The van der Waals surface area contributed by atoms with Gasteiger partial charge in [-0.05, 0) is 43.7 Å². The van der Waals surface area contributed by atoms with E-state index < -0.39 is 5.60 Å². The van der Waals surface area contributed by atoms with E-state index in [9.17, 15) is 5.11 Å². The highest BCUT2D eigenvalue weighted by Crippen LogP contribution is 2.20. The van der Waals surface area contributed by atoms with E-state index in [0.717, 1.165) is 12.3 Å². The minimum atomic E-state index is -0.634. The summed E-state index contributed by atoms with van der Waals surface area (Å²) in [6.45, 7) is 5.70. The monoisotopic (exact) mass is 322 g/mol. The first kappa shape index (κ1) is 17.6. The molecule has 1 saturated heterocycles. The molecule has 0 spiro atoms. The third kappa shape index (κ3) is 5.82. The van der Waals surface area contributed by atoms with Crippen molar-refractivity contribution in [3.05, 3.63) is 29.8 Å². The highest BCUT2D eigenvalue weighted by Gasteiger charge is 2.18. The number of rotatable bonds is 7. The highest BCUT2D eigenvalue weighted by atomic mass is 32.2. The summed E-state index contributed by atoms with van der Waals surface area (Å²) in [5, 5.41) is 13.5. The summed E-state index contributed by atoms with van der Waals surface area (Å²) in [4.78, 5) is 2.51. The fourth-order valence-electron chi connectivity index (χ4n) is 2.99. The first-order chi connectivity index (χ1) is 10.6. The average molecular weight is 323 g/mol. The van der Waals surface area contributed by atoms with Crippen molar-refractivity contribution in [2.45, 2.75) is 44.8 Å². The van der Waals surface area contributed by atoms with Crippen LogP contribution in [0, 0.1) is 0 Å². The van der Waals surface area contributed by atoms with Gasteiger partial charge in [-0.1, -0.05) is 25.0 Å². The summed E-state index contributed by atoms with van der Waals surface area (Å²) in [5.41, 5.74) is 1.99. The van der Waals surface area contributed by atoms with Crippen LogP contribution in [-0.2, 0) is 6.54 Å². The zero-order valence-electron chi connectivity index (χ0n) is 14.0. The summed E-state index contributed by atoms with van der Waals surface area (Å²) in [7, 11) is 0. The second-order valence-corrected chi connectivity index (χ2v) is 7.47. The number of hydrogen-bond acceptors (Lipinski definition) is 4. The van der Waals surface area contributed by atoms with E-state index in [2.05, 4.69) is 34.5 Å². The molecule has 1 aromatic rings. The third-order valence-corrected chi connectivity index (χ3v) is 5.11. The van der Waals surface area contributed by atoms with Gasteiger partial charge >= 0.3 is 0 Å². The van der Waals surface area contributed by atoms with Crippen molar-refractivity contribution in [2.24, 2.45) is 0 Å². The van der Waals surface area contributed by atoms with Crippen LogP contribution in [0.15, 0.2) is 24.3 Å². The van der Waals surface area contributed by atoms with Crippen LogP contribution in [0.4, 0.5) is 5.69 Å². The molecule has 1 atom stereocenters. The highest BCUT2D eigenvalue weighted by molar-refractivity contribution is 7.98. The van der Waals surface area contributed by atoms with E-state index in [4.69, 9.17) is 0 Å². The molecule has 0 aliphatic carbocycles. The predicted molar refractivity (Wildman–Crippen MR) is 97.8 cm³/mol. The Labute approximate surface area is 139 Å². The minimum Gasteiger partial charge on any atom is -0.388 e. The lowest BCUT2D eigenvalue weighted by molar-refractivity contribution is 0.0846. The minimum absolute atomic E-state index is 0.627. The molecule has 124 valence electrons. The molecule has 1 aliphatic heterocycles. The molecule has 1 aromatic carbocycles. The maximum atomic E-state index is 10.1. The molecule has 0 aromatic heterocycles. The van der Waals surface area contributed by atoms with Gasteiger partial charge in [-0.2, -0.15) is 11.8 Å². The van der Waals surface area contributed by atoms with Gasteiger partial charge in [0.25, 0.3) is 0 Å². The first-order valence-corrected chi connectivity index (χ1v) is 9.76. The Bertz CT molecular complexity index is 425. The van der Waals surface area contributed by atoms with Crippen molar-refractivity contribution >= 4 is 17.4 Å². The summed E-state index contributed by atoms with van der Waals surface area (Å²) in [5.74, 6) is 0.758. The average Bonchev–Trinajstić information content (AvgIpc) is 2.77. The van der Waals surface area contributed by atoms with Gasteiger partial charge in [-0.3, -0.25) is 0 Å². The lowest BCUT2D eigenvalue weighted by Gasteiger charge is -2.24. The normalized spacial score (nSPS) is 18.8. The number of thioether (sulfide) groups is 1. The number of aliphatic hydroxyl groups is 1. The predicted octanol–water partition coefficient (Wildman–Crippen LogP) is 3.27. The maximum absolute atomic E-state index is 10.1. The molecule has 4 heteroatoms. The standard InChI is InChI=1S/C18H30N2OS/c1-18(21,15-22-2)14-19-13-16-7-9-17(10-8-16)20-11-5-3-4-6-12-20/h7-10,19,21H,3-6,11-15H2,1-2H3. The Kier molecular flexibility index (Phi) is 7.06. The van der Waals surface area contributed by atoms with E-state index >= 15 is 0 Å². The van der Waals surface area contributed by atoms with Gasteiger partial charge < -0.3 is 15.3 Å². The van der Waals surface area contributed by atoms with Crippen LogP contribution in [0.1, 0.15) is 38.2 Å². The van der Waals surface area contributed by atoms with Gasteiger partial charge in [0.2, 0.25) is 0 Å². The van der Waals surface area contributed by atoms with Crippen LogP contribution in [0.2, 0.25) is 0 Å². The smallest absolute Gasteiger partial charge is 0.0833 e. The molecule has 3 nitrogen and oxygen atoms in total. The van der Waals surface area contributed by atoms with Crippen LogP contribution in [0.3, 0.4) is 0 Å². The van der Waals surface area contributed by atoms with E-state index in [0.29, 0.717) is 6.54 Å². The van der Waals surface area contributed by atoms with Crippen LogP contribution in [0.5, 0.6) is 0 Å². The summed E-state index contributed by atoms with van der Waals surface area (Å²) >= 11 is 1.68. The van der Waals surface area contributed by atoms with Gasteiger partial charge in [0.15, 0.2) is 0 Å². The van der Waals surface area contributed by atoms with Gasteiger partial charge in [0.1, 0.15) is 0 Å². The Morgan fingerprint density at radius 1 is 1.14 bits per heavy atom. The fraction of sp³-hybridized carbons (Fsp3) is 0.667. The number of benzene rings is 1. The van der Waals surface area contributed by atoms with Gasteiger partial charge in [0.05, 0.1) is 5.60 Å². The number of nitrogens with one attached hydrogen (secondary N) is 1. The third-order valence-electron chi connectivity index (χ3n) is 4.20. The topological polar surface area (TPSA) is 35.5 Å². The molecule has 0 radical (unpaired) electrons. The van der Waals surface area contributed by atoms with E-state index in [1.54, 1.807) is 11.8 Å². The van der Waals surface area contributed by atoms with Crippen LogP contribution in [-0.4, -0.2) is 42.4 Å². The molecule has 0 bridgehead atoms. The Hall–Kier alpha value is -0.710. The zero-order chi connectivity index (χ0) is 15.8. The fourth-order valence-corrected chi connectivity index (χ4v) is 3.72. The molecule has 22 heavy (non-hydrogen) atoms. The van der Waals surface area contributed by atoms with Crippen molar-refractivity contribution in [3.63, 3.8) is 0 Å². The lowest BCUT2D eigenvalue weighted by Crippen LogP contribution is -2.39. The summed E-state index contributed by atoms with van der Waals surface area (Å²) < 4.78 is 0. The maximum Gasteiger partial charge on any atom is 0.0833 e. The van der Waals surface area contributed by atoms with Crippen molar-refractivity contribution < 1.29 is 5.11 Å². The quantitative estimate of drug-likeness (QED) is 0.808. The lowest BCUT2D eigenvalue weighted by atomic mass is 10.1. The molecule has 0 saturated carbocycles. The van der Waals surface area contributed by atoms with E-state index in [-0.39, 0.29) is 0 Å². The summed E-state index contributed by atoms with van der Waals surface area (Å²) in [6.07, 6.45) is 7.39. The molecule has 1 fully saturated rings. The Balaban J connectivity index is 1.81. The molecular weight excluding hydrogens is 292 g/mol. The molecule has 2 N–H and O–H groups in total. The largest absolute Gasteiger partial charge is 0.388 e. The molecule has 1 aliphatic rings. The van der Waals surface area contributed by atoms with Crippen LogP contribution < -0.4 is 10.2 Å². The Morgan fingerprint density at radius 3 is 2.36 bits per heavy atom. The number of hydrogen-bond donors (Lipinski definition) is 2. The zero-order valence-corrected chi connectivity index (χ0v) is 14.8. The Morgan fingerprint density at radius 2 is 1.77 bits per heavy atom. The second-order valence-electron chi connectivity index (χ2n) is 6.60. The van der Waals surface area contributed by atoms with Crippen molar-refractivity contribution in [1.29, 1.82) is 0 Å².